The molecule has 0 bridgehead atoms. The van der Waals surface area contributed by atoms with Crippen LogP contribution in [0.25, 0.3) is 0 Å². The van der Waals surface area contributed by atoms with Crippen LogP contribution in [0.15, 0.2) is 29.2 Å². The summed E-state index contributed by atoms with van der Waals surface area (Å²) in [6.07, 6.45) is 1.49. The molecular formula is C11H13NO4S. The van der Waals surface area contributed by atoms with Gasteiger partial charge in [0.25, 0.3) is 5.69 Å². The Morgan fingerprint density at radius 1 is 1.35 bits per heavy atom. The molecule has 0 spiro atoms. The van der Waals surface area contributed by atoms with Gasteiger partial charge in [-0.25, -0.2) is 0 Å². The zero-order chi connectivity index (χ0) is 12.7. The molecule has 0 amide bonds. The highest BCUT2D eigenvalue weighted by molar-refractivity contribution is 7.99. The molecular weight excluding hydrogens is 242 g/mol. The minimum Gasteiger partial charge on any atom is -0.481 e. The van der Waals surface area contributed by atoms with E-state index in [0.29, 0.717) is 17.1 Å². The lowest BCUT2D eigenvalue weighted by Crippen LogP contribution is -1.95. The van der Waals surface area contributed by atoms with Crippen molar-refractivity contribution in [2.24, 2.45) is 0 Å². The maximum atomic E-state index is 10.7. The fourth-order valence-corrected chi connectivity index (χ4v) is 2.32. The van der Waals surface area contributed by atoms with E-state index in [-0.39, 0.29) is 12.1 Å². The molecule has 0 saturated carbocycles. The van der Waals surface area contributed by atoms with Gasteiger partial charge < -0.3 is 5.11 Å². The second-order valence-corrected chi connectivity index (χ2v) is 4.56. The predicted molar refractivity (Wildman–Crippen MR) is 65.3 cm³/mol. The molecule has 0 unspecified atom stereocenters. The molecule has 0 fully saturated rings. The molecule has 0 heterocycles. The maximum absolute atomic E-state index is 10.7. The third kappa shape index (κ3) is 4.86. The van der Waals surface area contributed by atoms with E-state index in [0.717, 1.165) is 6.42 Å². The van der Waals surface area contributed by atoms with E-state index in [1.165, 1.54) is 17.8 Å². The number of hydrogen-bond acceptors (Lipinski definition) is 4. The first-order valence-electron chi connectivity index (χ1n) is 5.19. The smallest absolute Gasteiger partial charge is 0.303 e. The van der Waals surface area contributed by atoms with Gasteiger partial charge in [-0.2, -0.15) is 0 Å². The van der Waals surface area contributed by atoms with E-state index < -0.39 is 10.9 Å². The van der Waals surface area contributed by atoms with Crippen LogP contribution in [0.4, 0.5) is 5.69 Å². The normalized spacial score (nSPS) is 10.1. The highest BCUT2D eigenvalue weighted by Gasteiger charge is 2.12. The molecule has 0 aliphatic rings. The van der Waals surface area contributed by atoms with Gasteiger partial charge in [0.2, 0.25) is 0 Å². The van der Waals surface area contributed by atoms with Crippen molar-refractivity contribution >= 4 is 23.4 Å². The average molecular weight is 255 g/mol. The Labute approximate surface area is 103 Å². The summed E-state index contributed by atoms with van der Waals surface area (Å²) in [5.74, 6) is -0.112. The van der Waals surface area contributed by atoms with E-state index in [1.54, 1.807) is 18.2 Å². The first-order valence-corrected chi connectivity index (χ1v) is 6.18. The molecule has 92 valence electrons. The van der Waals surface area contributed by atoms with Crippen LogP contribution >= 0.6 is 11.8 Å². The second-order valence-electron chi connectivity index (χ2n) is 3.42. The van der Waals surface area contributed by atoms with Gasteiger partial charge in [0.15, 0.2) is 0 Å². The second kappa shape index (κ2) is 6.90. The standard InChI is InChI=1S/C11H13NO4S/c13-11(14)7-3-4-8-17-10-6-2-1-5-9(10)12(15)16/h1-2,5-6H,3-4,7-8H2,(H,13,14). The summed E-state index contributed by atoms with van der Waals surface area (Å²) < 4.78 is 0. The van der Waals surface area contributed by atoms with Gasteiger partial charge in [-0.1, -0.05) is 12.1 Å². The molecule has 1 rings (SSSR count). The van der Waals surface area contributed by atoms with Crippen molar-refractivity contribution in [3.05, 3.63) is 34.4 Å². The van der Waals surface area contributed by atoms with Crippen LogP contribution < -0.4 is 0 Å². The van der Waals surface area contributed by atoms with Crippen LogP contribution in [0.2, 0.25) is 0 Å². The average Bonchev–Trinajstić information content (AvgIpc) is 2.28. The maximum Gasteiger partial charge on any atom is 0.303 e. The number of rotatable bonds is 7. The van der Waals surface area contributed by atoms with Gasteiger partial charge in [0.05, 0.1) is 9.82 Å². The third-order valence-corrected chi connectivity index (χ3v) is 3.25. The molecule has 0 aliphatic heterocycles. The highest BCUT2D eigenvalue weighted by atomic mass is 32.2. The fourth-order valence-electron chi connectivity index (χ4n) is 1.29. The van der Waals surface area contributed by atoms with E-state index in [2.05, 4.69) is 0 Å². The Kier molecular flexibility index (Phi) is 5.48. The zero-order valence-corrected chi connectivity index (χ0v) is 9.98. The molecule has 0 radical (unpaired) electrons. The lowest BCUT2D eigenvalue weighted by Gasteiger charge is -2.01. The van der Waals surface area contributed by atoms with Crippen LogP contribution in [0, 0.1) is 10.1 Å². The number of hydrogen-bond donors (Lipinski definition) is 1. The van der Waals surface area contributed by atoms with Gasteiger partial charge in [0.1, 0.15) is 0 Å². The number of aliphatic carboxylic acids is 1. The van der Waals surface area contributed by atoms with Crippen molar-refractivity contribution in [2.45, 2.75) is 24.2 Å². The number of nitro benzene ring substituents is 1. The van der Waals surface area contributed by atoms with Crippen LogP contribution in [-0.2, 0) is 4.79 Å². The van der Waals surface area contributed by atoms with E-state index in [9.17, 15) is 14.9 Å². The molecule has 5 nitrogen and oxygen atoms in total. The number of thioether (sulfide) groups is 1. The van der Waals surface area contributed by atoms with Crippen molar-refractivity contribution in [1.82, 2.24) is 0 Å². The molecule has 0 aliphatic carbocycles. The van der Waals surface area contributed by atoms with Gasteiger partial charge in [-0.3, -0.25) is 14.9 Å². The van der Waals surface area contributed by atoms with Gasteiger partial charge in [0, 0.05) is 12.5 Å². The molecule has 17 heavy (non-hydrogen) atoms. The minimum atomic E-state index is -0.805. The molecule has 0 atom stereocenters. The number of carboxylic acids is 1. The summed E-state index contributed by atoms with van der Waals surface area (Å²) in [4.78, 5) is 21.2. The molecule has 1 aromatic carbocycles. The summed E-state index contributed by atoms with van der Waals surface area (Å²) >= 11 is 1.39. The lowest BCUT2D eigenvalue weighted by atomic mass is 10.2. The number of carbonyl (C=O) groups is 1. The van der Waals surface area contributed by atoms with E-state index in [1.807, 2.05) is 0 Å². The number of nitro groups is 1. The van der Waals surface area contributed by atoms with E-state index in [4.69, 9.17) is 5.11 Å². The summed E-state index contributed by atoms with van der Waals surface area (Å²) in [6.45, 7) is 0. The Balaban J connectivity index is 2.41. The first kappa shape index (κ1) is 13.5. The monoisotopic (exact) mass is 255 g/mol. The fraction of sp³-hybridized carbons (Fsp3) is 0.364. The number of carboxylic acid groups (broad SMARTS) is 1. The number of nitrogens with zero attached hydrogens (tertiary/aromatic N) is 1. The molecule has 1 aromatic rings. The Bertz CT molecular complexity index is 408. The van der Waals surface area contributed by atoms with Crippen LogP contribution in [0.3, 0.4) is 0 Å². The van der Waals surface area contributed by atoms with Crippen molar-refractivity contribution < 1.29 is 14.8 Å². The number of benzene rings is 1. The number of unbranched alkanes of at least 4 members (excludes halogenated alkanes) is 1. The third-order valence-electron chi connectivity index (χ3n) is 2.10. The Morgan fingerprint density at radius 2 is 2.06 bits per heavy atom. The molecule has 6 heteroatoms. The Morgan fingerprint density at radius 3 is 2.71 bits per heavy atom. The number of para-hydroxylation sites is 1. The van der Waals surface area contributed by atoms with Gasteiger partial charge >= 0.3 is 5.97 Å². The topological polar surface area (TPSA) is 80.4 Å². The minimum absolute atomic E-state index is 0.107. The van der Waals surface area contributed by atoms with Crippen molar-refractivity contribution in [1.29, 1.82) is 0 Å². The quantitative estimate of drug-likeness (QED) is 0.350. The van der Waals surface area contributed by atoms with Crippen LogP contribution in [0.1, 0.15) is 19.3 Å². The zero-order valence-electron chi connectivity index (χ0n) is 9.17. The molecule has 0 saturated heterocycles. The summed E-state index contributed by atoms with van der Waals surface area (Å²) in [5.41, 5.74) is 0.107. The van der Waals surface area contributed by atoms with Gasteiger partial charge in [-0.05, 0) is 24.7 Å². The summed E-state index contributed by atoms with van der Waals surface area (Å²) in [7, 11) is 0. The summed E-state index contributed by atoms with van der Waals surface area (Å²) in [5, 5.41) is 19.2. The van der Waals surface area contributed by atoms with E-state index >= 15 is 0 Å². The van der Waals surface area contributed by atoms with Crippen molar-refractivity contribution in [3.8, 4) is 0 Å². The highest BCUT2D eigenvalue weighted by Crippen LogP contribution is 2.29. The lowest BCUT2D eigenvalue weighted by molar-refractivity contribution is -0.387. The molecule has 1 N–H and O–H groups in total. The van der Waals surface area contributed by atoms with Gasteiger partial charge in [-0.15, -0.1) is 11.8 Å². The van der Waals surface area contributed by atoms with Crippen LogP contribution in [0.5, 0.6) is 0 Å². The summed E-state index contributed by atoms with van der Waals surface area (Å²) in [6, 6.07) is 6.57. The first-order chi connectivity index (χ1) is 8.11. The SMILES string of the molecule is O=C(O)CCCCSc1ccccc1[N+](=O)[O-]. The molecule has 0 aromatic heterocycles. The predicted octanol–water partition coefficient (Wildman–Crippen LogP) is 2.94. The van der Waals surface area contributed by atoms with Crippen molar-refractivity contribution in [3.63, 3.8) is 0 Å². The largest absolute Gasteiger partial charge is 0.481 e. The van der Waals surface area contributed by atoms with Crippen molar-refractivity contribution in [2.75, 3.05) is 5.75 Å². The van der Waals surface area contributed by atoms with Crippen LogP contribution in [-0.4, -0.2) is 21.8 Å². The Hall–Kier alpha value is -1.56.